The number of thiol groups is 1. The Balaban J connectivity index is 2.03. The van der Waals surface area contributed by atoms with Gasteiger partial charge in [0.15, 0.2) is 0 Å². The molecular formula is C16H12ClFLiN5O4S. The van der Waals surface area contributed by atoms with Crippen molar-refractivity contribution in [2.24, 2.45) is 10.2 Å². The number of halogens is 2. The Kier molecular flexibility index (Phi) is 6.23. The zero-order valence-corrected chi connectivity index (χ0v) is 17.0. The van der Waals surface area contributed by atoms with Crippen molar-refractivity contribution in [1.82, 2.24) is 15.3 Å². The van der Waals surface area contributed by atoms with E-state index in [9.17, 15) is 14.0 Å². The summed E-state index contributed by atoms with van der Waals surface area (Å²) in [6, 6.07) is 1.51. The van der Waals surface area contributed by atoms with Crippen molar-refractivity contribution in [1.29, 1.82) is 0 Å². The summed E-state index contributed by atoms with van der Waals surface area (Å²) in [6.45, 7) is 1.68. The molecule has 29 heavy (non-hydrogen) atoms. The molecule has 0 radical (unpaired) electrons. The topological polar surface area (TPSA) is 126 Å². The molecule has 146 valence electrons. The van der Waals surface area contributed by atoms with E-state index in [-0.39, 0.29) is 37.8 Å². The molecule has 2 aromatic rings. The average molecular weight is 432 g/mol. The molecule has 2 N–H and O–H groups in total. The summed E-state index contributed by atoms with van der Waals surface area (Å²) in [7, 11) is -0.0895. The third-order valence-corrected chi connectivity index (χ3v) is 6.02. The van der Waals surface area contributed by atoms with E-state index in [4.69, 9.17) is 21.4 Å². The standard InChI is InChI=1S/C16H11ClFN5O4S.Li/c1-6-3-7(10-9(27-2)5-20-12(17)11(10)18)8(4-19-6)13(24)21-16-23-22-14(28-16)15(25)26;/h3-5H,1-2H3,(H,25,26)(H,21,23,24);/q;-1/p+1. The molecule has 1 unspecified atom stereocenters. The minimum atomic E-state index is -1.43. The zero-order valence-electron chi connectivity index (χ0n) is 15.4. The second-order valence-corrected chi connectivity index (χ2v) is 8.17. The van der Waals surface area contributed by atoms with Gasteiger partial charge in [-0.05, 0) is 0 Å². The third kappa shape index (κ3) is 4.13. The van der Waals surface area contributed by atoms with Crippen LogP contribution in [0.15, 0.2) is 28.7 Å². The van der Waals surface area contributed by atoms with E-state index in [0.717, 1.165) is 0 Å². The summed E-state index contributed by atoms with van der Waals surface area (Å²) in [4.78, 5) is 31.9. The van der Waals surface area contributed by atoms with Crippen molar-refractivity contribution in [3.8, 4) is 16.9 Å². The van der Waals surface area contributed by atoms with Gasteiger partial charge in [-0.15, -0.1) is 0 Å². The SMILES string of the molecule is [Li][SH]1C(NC(=O)c2cnc(C)cc2-c2c(OC)cnc(Cl)c2F)=NN=C1C(=O)O. The number of amides is 1. The number of pyridine rings is 2. The van der Waals surface area contributed by atoms with Crippen molar-refractivity contribution >= 4 is 59.2 Å². The van der Waals surface area contributed by atoms with Crippen molar-refractivity contribution in [2.75, 3.05) is 7.11 Å². The van der Waals surface area contributed by atoms with Gasteiger partial charge in [-0.3, -0.25) is 0 Å². The number of amidine groups is 1. The molecule has 1 aliphatic heterocycles. The first-order valence-corrected chi connectivity index (χ1v) is 10.2. The molecule has 1 aliphatic rings. The van der Waals surface area contributed by atoms with Gasteiger partial charge in [0, 0.05) is 0 Å². The number of carboxylic acids is 1. The van der Waals surface area contributed by atoms with E-state index in [1.165, 1.54) is 25.6 Å². The summed E-state index contributed by atoms with van der Waals surface area (Å²) >= 11 is 7.43. The predicted octanol–water partition coefficient (Wildman–Crippen LogP) is 1.84. The Bertz CT molecular complexity index is 1100. The van der Waals surface area contributed by atoms with Crippen LogP contribution in [-0.2, 0) is 4.79 Å². The monoisotopic (exact) mass is 431 g/mol. The Hall–Kier alpha value is -2.45. The first-order valence-electron chi connectivity index (χ1n) is 8.03. The summed E-state index contributed by atoms with van der Waals surface area (Å²) in [5, 5.41) is 18.6. The van der Waals surface area contributed by atoms with Crippen LogP contribution in [0.1, 0.15) is 16.1 Å². The van der Waals surface area contributed by atoms with Gasteiger partial charge >= 0.3 is 180 Å². The number of nitrogens with one attached hydrogen (secondary N) is 1. The van der Waals surface area contributed by atoms with Crippen molar-refractivity contribution < 1.29 is 23.8 Å². The summed E-state index contributed by atoms with van der Waals surface area (Å²) in [6.07, 6.45) is 2.52. The molecule has 0 saturated carbocycles. The maximum atomic E-state index is 14.8. The molecule has 1 atom stereocenters. The van der Waals surface area contributed by atoms with E-state index in [1.54, 1.807) is 23.4 Å². The van der Waals surface area contributed by atoms with E-state index in [1.807, 2.05) is 0 Å². The van der Waals surface area contributed by atoms with Gasteiger partial charge < -0.3 is 0 Å². The van der Waals surface area contributed by atoms with Crippen LogP contribution in [0.4, 0.5) is 4.39 Å². The van der Waals surface area contributed by atoms with Gasteiger partial charge in [0.05, 0.1) is 0 Å². The number of carbonyl (C=O) groups excluding carboxylic acids is 1. The van der Waals surface area contributed by atoms with Crippen molar-refractivity contribution in [3.63, 3.8) is 0 Å². The Labute approximate surface area is 179 Å². The first-order chi connectivity index (χ1) is 13.7. The van der Waals surface area contributed by atoms with Crippen LogP contribution in [0, 0.1) is 12.7 Å². The molecule has 0 saturated heterocycles. The zero-order chi connectivity index (χ0) is 21.3. The van der Waals surface area contributed by atoms with Crippen LogP contribution in [-0.4, -0.2) is 60.8 Å². The van der Waals surface area contributed by atoms with E-state index in [2.05, 4.69) is 25.5 Å². The number of carbonyl (C=O) groups is 2. The van der Waals surface area contributed by atoms with E-state index < -0.39 is 26.7 Å². The predicted molar refractivity (Wildman–Crippen MR) is 108 cm³/mol. The number of aromatic nitrogens is 2. The molecule has 0 aromatic carbocycles. The number of aliphatic carboxylic acids is 1. The molecule has 0 spiro atoms. The summed E-state index contributed by atoms with van der Waals surface area (Å²) in [5.41, 5.74) is 0.688. The number of hydrogen-bond acceptors (Lipinski definition) is 7. The van der Waals surface area contributed by atoms with Crippen LogP contribution < -0.4 is 10.1 Å². The van der Waals surface area contributed by atoms with Crippen LogP contribution in [0.25, 0.3) is 11.1 Å². The Morgan fingerprint density at radius 1 is 1.31 bits per heavy atom. The third-order valence-electron chi connectivity index (χ3n) is 4.01. The number of methoxy groups -OCH3 is 1. The first kappa shape index (κ1) is 21.3. The maximum absolute atomic E-state index is 14.8. The molecule has 9 nitrogen and oxygen atoms in total. The molecule has 2 aromatic heterocycles. The van der Waals surface area contributed by atoms with Crippen molar-refractivity contribution in [2.45, 2.75) is 6.92 Å². The number of nitrogens with zero attached hydrogens (tertiary/aromatic N) is 4. The fraction of sp³-hybridized carbons (Fsp3) is 0.125. The number of ether oxygens (including phenoxy) is 1. The molecule has 0 fully saturated rings. The number of carboxylic acid groups (broad SMARTS) is 1. The molecule has 0 bridgehead atoms. The van der Waals surface area contributed by atoms with Gasteiger partial charge in [-0.2, -0.15) is 0 Å². The van der Waals surface area contributed by atoms with Crippen LogP contribution in [0.2, 0.25) is 5.15 Å². The molecule has 3 heterocycles. The Morgan fingerprint density at radius 2 is 2.03 bits per heavy atom. The van der Waals surface area contributed by atoms with Gasteiger partial charge in [0.1, 0.15) is 0 Å². The Morgan fingerprint density at radius 3 is 2.66 bits per heavy atom. The van der Waals surface area contributed by atoms with Gasteiger partial charge in [-0.1, -0.05) is 0 Å². The fourth-order valence-electron chi connectivity index (χ4n) is 2.59. The number of aryl methyl sites for hydroxylation is 1. The fourth-order valence-corrected chi connectivity index (χ4v) is 3.85. The summed E-state index contributed by atoms with van der Waals surface area (Å²) in [5.74, 6) is -2.63. The average Bonchev–Trinajstić information content (AvgIpc) is 3.04. The van der Waals surface area contributed by atoms with Gasteiger partial charge in [0.2, 0.25) is 0 Å². The van der Waals surface area contributed by atoms with Crippen LogP contribution >= 0.6 is 20.6 Å². The minimum absolute atomic E-state index is 0.0185. The number of rotatable bonds is 4. The number of hydrogen-bond donors (Lipinski definition) is 3. The molecule has 1 amide bonds. The second-order valence-electron chi connectivity index (χ2n) is 5.84. The molecular weight excluding hydrogens is 420 g/mol. The molecule has 13 heteroatoms. The van der Waals surface area contributed by atoms with E-state index in [0.29, 0.717) is 5.69 Å². The van der Waals surface area contributed by atoms with Crippen LogP contribution in [0.5, 0.6) is 5.75 Å². The molecule has 0 aliphatic carbocycles. The van der Waals surface area contributed by atoms with Crippen LogP contribution in [0.3, 0.4) is 0 Å². The van der Waals surface area contributed by atoms with Crippen molar-refractivity contribution in [3.05, 3.63) is 40.7 Å². The quantitative estimate of drug-likeness (QED) is 0.385. The van der Waals surface area contributed by atoms with E-state index >= 15 is 0 Å². The molecule has 3 rings (SSSR count). The normalized spacial score (nSPS) is 16.8. The van der Waals surface area contributed by atoms with Gasteiger partial charge in [0.25, 0.3) is 0 Å². The van der Waals surface area contributed by atoms with Gasteiger partial charge in [-0.25, -0.2) is 0 Å². The second kappa shape index (κ2) is 8.50. The summed E-state index contributed by atoms with van der Waals surface area (Å²) < 4.78 is 20.0.